The Balaban J connectivity index is 2.20. The maximum atomic E-state index is 14.1. The van der Waals surface area contributed by atoms with Gasteiger partial charge in [-0.1, -0.05) is 54.1 Å². The molecular formula is C27H34O5S2. The number of allylic oxidation sites excluding steroid dienone is 3. The highest BCUT2D eigenvalue weighted by atomic mass is 32.3. The molecule has 2 aromatic rings. The predicted molar refractivity (Wildman–Crippen MR) is 136 cm³/mol. The minimum atomic E-state index is -4.34. The van der Waals surface area contributed by atoms with Gasteiger partial charge in [-0.15, -0.1) is 6.58 Å². The van der Waals surface area contributed by atoms with Gasteiger partial charge in [0.2, 0.25) is 0 Å². The summed E-state index contributed by atoms with van der Waals surface area (Å²) < 4.78 is 54.3. The molecule has 3 rings (SSSR count). The fourth-order valence-electron chi connectivity index (χ4n) is 5.05. The molecule has 0 saturated heterocycles. The Hall–Kier alpha value is -2.22. The van der Waals surface area contributed by atoms with Crippen molar-refractivity contribution >= 4 is 19.7 Å². The third-order valence-electron chi connectivity index (χ3n) is 6.99. The molecule has 1 aliphatic rings. The fraction of sp³-hybridized carbons (Fsp3) is 0.407. The van der Waals surface area contributed by atoms with Crippen molar-refractivity contribution in [2.75, 3.05) is 0 Å². The summed E-state index contributed by atoms with van der Waals surface area (Å²) in [4.78, 5) is -0.0793. The van der Waals surface area contributed by atoms with Gasteiger partial charge in [-0.2, -0.15) is 0 Å². The molecule has 1 aliphatic carbocycles. The van der Waals surface area contributed by atoms with Crippen LogP contribution in [0.25, 0.3) is 0 Å². The molecule has 5 nitrogen and oxygen atoms in total. The first-order valence-electron chi connectivity index (χ1n) is 11.5. The topological polar surface area (TPSA) is 88.5 Å². The number of rotatable bonds is 9. The van der Waals surface area contributed by atoms with Gasteiger partial charge in [0.1, 0.15) is 0 Å². The highest BCUT2D eigenvalue weighted by molar-refractivity contribution is 8.10. The smallest absolute Gasteiger partial charge is 0.198 e. The van der Waals surface area contributed by atoms with Gasteiger partial charge in [0.15, 0.2) is 23.8 Å². The maximum absolute atomic E-state index is 14.1. The number of hydrogen-bond acceptors (Lipinski definition) is 5. The van der Waals surface area contributed by atoms with Crippen molar-refractivity contribution in [2.45, 2.75) is 65.9 Å². The van der Waals surface area contributed by atoms with E-state index in [1.807, 2.05) is 19.9 Å². The second-order valence-corrected chi connectivity index (χ2v) is 14.4. The molecule has 1 fully saturated rings. The minimum absolute atomic E-state index is 0.0397. The average Bonchev–Trinajstić information content (AvgIpc) is 3.23. The van der Waals surface area contributed by atoms with E-state index in [1.54, 1.807) is 49.4 Å². The summed E-state index contributed by atoms with van der Waals surface area (Å²) in [5.41, 5.74) is -0.152. The van der Waals surface area contributed by atoms with Gasteiger partial charge in [-0.25, -0.2) is 16.8 Å². The van der Waals surface area contributed by atoms with Crippen molar-refractivity contribution in [1.82, 2.24) is 0 Å². The molecule has 3 atom stereocenters. The SMILES string of the molecule is C=CC1CC(S(=O)(=O)c2ccccc2)(S(=O)(=O)c2ccccc2)CC1C(C)(O)CCC=C(C)C. The largest absolute Gasteiger partial charge is 0.390 e. The lowest BCUT2D eigenvalue weighted by molar-refractivity contribution is -0.0168. The van der Waals surface area contributed by atoms with E-state index in [4.69, 9.17) is 0 Å². The second kappa shape index (κ2) is 9.80. The van der Waals surface area contributed by atoms with Crippen LogP contribution < -0.4 is 0 Å². The Morgan fingerprint density at radius 3 is 1.85 bits per heavy atom. The third kappa shape index (κ3) is 4.66. The van der Waals surface area contributed by atoms with Crippen LogP contribution in [0.4, 0.5) is 0 Å². The Morgan fingerprint density at radius 1 is 0.971 bits per heavy atom. The highest BCUT2D eigenvalue weighted by Crippen LogP contribution is 2.55. The van der Waals surface area contributed by atoms with Crippen molar-refractivity contribution in [2.24, 2.45) is 11.8 Å². The molecule has 1 saturated carbocycles. The van der Waals surface area contributed by atoms with Gasteiger partial charge >= 0.3 is 0 Å². The van der Waals surface area contributed by atoms with Gasteiger partial charge in [0.05, 0.1) is 15.4 Å². The third-order valence-corrected chi connectivity index (χ3v) is 12.7. The van der Waals surface area contributed by atoms with E-state index in [0.29, 0.717) is 12.8 Å². The van der Waals surface area contributed by atoms with Crippen LogP contribution in [0.1, 0.15) is 46.5 Å². The Bertz CT molecular complexity index is 1170. The molecule has 0 aromatic heterocycles. The normalized spacial score (nSPS) is 22.0. The first kappa shape index (κ1) is 26.4. The highest BCUT2D eigenvalue weighted by Gasteiger charge is 2.64. The molecule has 0 aliphatic heterocycles. The predicted octanol–water partition coefficient (Wildman–Crippen LogP) is 5.34. The van der Waals surface area contributed by atoms with E-state index in [1.165, 1.54) is 24.3 Å². The van der Waals surface area contributed by atoms with E-state index in [0.717, 1.165) is 5.57 Å². The first-order valence-corrected chi connectivity index (χ1v) is 14.4. The molecule has 7 heteroatoms. The summed E-state index contributed by atoms with van der Waals surface area (Å²) in [5, 5.41) is 11.5. The fourth-order valence-corrected chi connectivity index (χ4v) is 10.3. The molecule has 0 radical (unpaired) electrons. The minimum Gasteiger partial charge on any atom is -0.390 e. The standard InChI is InChI=1S/C27H34O5S2/c1-5-22-19-27(33(29,30)23-14-8-6-9-15-23,34(31,32)24-16-10-7-11-17-24)20-25(22)26(4,28)18-12-13-21(2)3/h5-11,13-17,22,25,28H,1,12,18-20H2,2-4H3. The lowest BCUT2D eigenvalue weighted by atomic mass is 9.78. The van der Waals surface area contributed by atoms with Gasteiger partial charge in [0, 0.05) is 0 Å². The van der Waals surface area contributed by atoms with E-state index < -0.39 is 41.2 Å². The summed E-state index contributed by atoms with van der Waals surface area (Å²) >= 11 is 0. The lowest BCUT2D eigenvalue weighted by Gasteiger charge is -2.34. The van der Waals surface area contributed by atoms with E-state index in [2.05, 4.69) is 6.58 Å². The molecule has 3 unspecified atom stereocenters. The molecule has 0 amide bonds. The van der Waals surface area contributed by atoms with Crippen LogP contribution in [0.2, 0.25) is 0 Å². The van der Waals surface area contributed by atoms with Crippen LogP contribution in [0.3, 0.4) is 0 Å². The summed E-state index contributed by atoms with van der Waals surface area (Å²) in [6.07, 6.45) is 4.25. The molecule has 0 spiro atoms. The van der Waals surface area contributed by atoms with Crippen molar-refractivity contribution in [3.63, 3.8) is 0 Å². The van der Waals surface area contributed by atoms with E-state index >= 15 is 0 Å². The van der Waals surface area contributed by atoms with E-state index in [9.17, 15) is 21.9 Å². The average molecular weight is 503 g/mol. The first-order chi connectivity index (χ1) is 15.9. The second-order valence-electron chi connectivity index (χ2n) is 9.64. The van der Waals surface area contributed by atoms with Crippen LogP contribution in [0, 0.1) is 11.8 Å². The van der Waals surface area contributed by atoms with Crippen LogP contribution in [0.15, 0.2) is 94.8 Å². The van der Waals surface area contributed by atoms with Gasteiger partial charge < -0.3 is 5.11 Å². The molecule has 184 valence electrons. The van der Waals surface area contributed by atoms with Crippen LogP contribution in [-0.2, 0) is 19.7 Å². The van der Waals surface area contributed by atoms with Crippen molar-refractivity contribution < 1.29 is 21.9 Å². The summed E-state index contributed by atoms with van der Waals surface area (Å²) in [6.45, 7) is 9.50. The number of sulfone groups is 2. The summed E-state index contributed by atoms with van der Waals surface area (Å²) in [5.74, 6) is -1.08. The van der Waals surface area contributed by atoms with Gasteiger partial charge in [0.25, 0.3) is 0 Å². The zero-order valence-electron chi connectivity index (χ0n) is 20.0. The van der Waals surface area contributed by atoms with Crippen molar-refractivity contribution in [3.05, 3.63) is 85.0 Å². The Labute approximate surface area is 204 Å². The van der Waals surface area contributed by atoms with Crippen molar-refractivity contribution in [1.29, 1.82) is 0 Å². The number of benzene rings is 2. The Morgan fingerprint density at radius 2 is 1.44 bits per heavy atom. The van der Waals surface area contributed by atoms with Crippen LogP contribution in [0.5, 0.6) is 0 Å². The van der Waals surface area contributed by atoms with Gasteiger partial charge in [-0.05, 0) is 82.6 Å². The van der Waals surface area contributed by atoms with Crippen LogP contribution >= 0.6 is 0 Å². The molecule has 1 N–H and O–H groups in total. The van der Waals surface area contributed by atoms with Crippen molar-refractivity contribution in [3.8, 4) is 0 Å². The summed E-state index contributed by atoms with van der Waals surface area (Å²) in [7, 11) is -8.67. The monoisotopic (exact) mass is 502 g/mol. The Kier molecular flexibility index (Phi) is 7.60. The number of aliphatic hydroxyl groups is 1. The quantitative estimate of drug-likeness (QED) is 0.468. The van der Waals surface area contributed by atoms with E-state index in [-0.39, 0.29) is 22.6 Å². The molecule has 0 heterocycles. The molecule has 0 bridgehead atoms. The van der Waals surface area contributed by atoms with Gasteiger partial charge in [-0.3, -0.25) is 0 Å². The molecule has 2 aromatic carbocycles. The number of hydrogen-bond donors (Lipinski definition) is 1. The molecular weight excluding hydrogens is 468 g/mol. The van der Waals surface area contributed by atoms with Crippen LogP contribution in [-0.4, -0.2) is 31.6 Å². The molecule has 34 heavy (non-hydrogen) atoms. The zero-order chi connectivity index (χ0) is 25.2. The zero-order valence-corrected chi connectivity index (χ0v) is 21.6. The lowest BCUT2D eigenvalue weighted by Crippen LogP contribution is -2.45. The summed E-state index contributed by atoms with van der Waals surface area (Å²) in [6, 6.07) is 15.4. The maximum Gasteiger partial charge on any atom is 0.198 e.